The Labute approximate surface area is 140 Å². The van der Waals surface area contributed by atoms with Crippen LogP contribution in [0.25, 0.3) is 0 Å². The van der Waals surface area contributed by atoms with E-state index in [-0.39, 0.29) is 18.3 Å². The van der Waals surface area contributed by atoms with E-state index in [0.29, 0.717) is 12.3 Å². The molecule has 5 heteroatoms. The predicted octanol–water partition coefficient (Wildman–Crippen LogP) is 3.28. The summed E-state index contributed by atoms with van der Waals surface area (Å²) in [6.45, 7) is 1.98. The van der Waals surface area contributed by atoms with Crippen LogP contribution in [0.5, 0.6) is 5.75 Å². The fourth-order valence-corrected chi connectivity index (χ4v) is 3.19. The summed E-state index contributed by atoms with van der Waals surface area (Å²) in [5.41, 5.74) is 1.73. The summed E-state index contributed by atoms with van der Waals surface area (Å²) in [6.07, 6.45) is 0.916. The van der Waals surface area contributed by atoms with Crippen molar-refractivity contribution in [1.82, 2.24) is 4.90 Å². The Bertz CT molecular complexity index is 719. The maximum absolute atomic E-state index is 13.9. The van der Waals surface area contributed by atoms with Crippen LogP contribution in [0.1, 0.15) is 23.5 Å². The Morgan fingerprint density at radius 1 is 1.21 bits per heavy atom. The topological polar surface area (TPSA) is 49.8 Å². The van der Waals surface area contributed by atoms with Gasteiger partial charge in [0.05, 0.1) is 0 Å². The molecular formula is C19H20FNO3. The number of ether oxygens (including phenoxy) is 1. The fraction of sp³-hybridized carbons (Fsp3) is 0.316. The second-order valence-electron chi connectivity index (χ2n) is 6.03. The molecule has 0 amide bonds. The molecule has 1 fully saturated rings. The molecule has 3 rings (SSSR count). The van der Waals surface area contributed by atoms with Crippen LogP contribution >= 0.6 is 0 Å². The molecule has 0 saturated carbocycles. The largest absolute Gasteiger partial charge is 0.482 e. The number of rotatable bonds is 6. The van der Waals surface area contributed by atoms with E-state index in [1.165, 1.54) is 6.07 Å². The first-order chi connectivity index (χ1) is 11.6. The van der Waals surface area contributed by atoms with E-state index in [0.717, 1.165) is 30.6 Å². The van der Waals surface area contributed by atoms with Gasteiger partial charge in [-0.05, 0) is 30.7 Å². The number of para-hydroxylation sites is 1. The lowest BCUT2D eigenvalue weighted by Crippen LogP contribution is -2.21. The number of carboxylic acid groups (broad SMARTS) is 1. The molecule has 0 unspecified atom stereocenters. The van der Waals surface area contributed by atoms with Gasteiger partial charge in [-0.3, -0.25) is 4.90 Å². The molecule has 1 aliphatic rings. The van der Waals surface area contributed by atoms with Crippen LogP contribution in [0, 0.1) is 5.82 Å². The zero-order valence-electron chi connectivity index (χ0n) is 13.3. The summed E-state index contributed by atoms with van der Waals surface area (Å²) < 4.78 is 19.3. The van der Waals surface area contributed by atoms with Gasteiger partial charge in [-0.25, -0.2) is 9.18 Å². The molecule has 1 aliphatic heterocycles. The highest BCUT2D eigenvalue weighted by Crippen LogP contribution is 2.31. The Kier molecular flexibility index (Phi) is 5.11. The summed E-state index contributed by atoms with van der Waals surface area (Å²) in [5.74, 6) is -0.354. The summed E-state index contributed by atoms with van der Waals surface area (Å²) in [6, 6.07) is 14.4. The molecule has 0 aliphatic carbocycles. The van der Waals surface area contributed by atoms with Gasteiger partial charge in [0.2, 0.25) is 0 Å². The second kappa shape index (κ2) is 7.45. The van der Waals surface area contributed by atoms with Gasteiger partial charge < -0.3 is 9.84 Å². The number of carboxylic acids is 1. The number of likely N-dealkylation sites (tertiary alicyclic amines) is 1. The highest BCUT2D eigenvalue weighted by Gasteiger charge is 2.26. The lowest BCUT2D eigenvalue weighted by Gasteiger charge is -2.18. The fourth-order valence-electron chi connectivity index (χ4n) is 3.19. The summed E-state index contributed by atoms with van der Waals surface area (Å²) >= 11 is 0. The van der Waals surface area contributed by atoms with E-state index in [2.05, 4.69) is 4.90 Å². The molecule has 126 valence electrons. The van der Waals surface area contributed by atoms with Gasteiger partial charge in [0.15, 0.2) is 6.61 Å². The van der Waals surface area contributed by atoms with Crippen molar-refractivity contribution in [1.29, 1.82) is 0 Å². The standard InChI is InChI=1S/C19H20FNO3/c20-17-7-3-2-6-16(17)14-9-10-21(11-14)12-15-5-1-4-8-18(15)24-13-19(22)23/h1-8,14H,9-13H2,(H,22,23)/t14-/m0/s1. The molecule has 2 aromatic carbocycles. The number of benzene rings is 2. The highest BCUT2D eigenvalue weighted by molar-refractivity contribution is 5.68. The lowest BCUT2D eigenvalue weighted by atomic mass is 9.98. The van der Waals surface area contributed by atoms with Crippen molar-refractivity contribution >= 4 is 5.97 Å². The molecular weight excluding hydrogens is 309 g/mol. The molecule has 0 aromatic heterocycles. The molecule has 0 spiro atoms. The minimum Gasteiger partial charge on any atom is -0.482 e. The van der Waals surface area contributed by atoms with Crippen LogP contribution in [-0.2, 0) is 11.3 Å². The zero-order valence-corrected chi connectivity index (χ0v) is 13.3. The third-order valence-corrected chi connectivity index (χ3v) is 4.34. The minimum absolute atomic E-state index is 0.144. The average Bonchev–Trinajstić information content (AvgIpc) is 3.03. The number of hydrogen-bond acceptors (Lipinski definition) is 3. The van der Waals surface area contributed by atoms with E-state index >= 15 is 0 Å². The smallest absolute Gasteiger partial charge is 0.341 e. The van der Waals surface area contributed by atoms with Gasteiger partial charge in [0.1, 0.15) is 11.6 Å². The molecule has 4 nitrogen and oxygen atoms in total. The maximum Gasteiger partial charge on any atom is 0.341 e. The second-order valence-corrected chi connectivity index (χ2v) is 6.03. The molecule has 24 heavy (non-hydrogen) atoms. The first kappa shape index (κ1) is 16.5. The Balaban J connectivity index is 1.66. The van der Waals surface area contributed by atoms with Crippen molar-refractivity contribution in [3.63, 3.8) is 0 Å². The summed E-state index contributed by atoms with van der Waals surface area (Å²) in [7, 11) is 0. The van der Waals surface area contributed by atoms with Crippen LogP contribution in [0.3, 0.4) is 0 Å². The van der Waals surface area contributed by atoms with Crippen LogP contribution in [-0.4, -0.2) is 35.7 Å². The Morgan fingerprint density at radius 2 is 1.96 bits per heavy atom. The van der Waals surface area contributed by atoms with Crippen molar-refractivity contribution in [3.8, 4) is 5.75 Å². The zero-order chi connectivity index (χ0) is 16.9. The Morgan fingerprint density at radius 3 is 2.75 bits per heavy atom. The van der Waals surface area contributed by atoms with E-state index in [1.807, 2.05) is 30.3 Å². The monoisotopic (exact) mass is 329 g/mol. The number of halogens is 1. The van der Waals surface area contributed by atoms with Crippen LogP contribution < -0.4 is 4.74 Å². The van der Waals surface area contributed by atoms with Gasteiger partial charge in [-0.1, -0.05) is 36.4 Å². The normalized spacial score (nSPS) is 17.8. The van der Waals surface area contributed by atoms with E-state index in [1.54, 1.807) is 12.1 Å². The van der Waals surface area contributed by atoms with Gasteiger partial charge >= 0.3 is 5.97 Å². The molecule has 0 bridgehead atoms. The van der Waals surface area contributed by atoms with Crippen molar-refractivity contribution in [2.24, 2.45) is 0 Å². The van der Waals surface area contributed by atoms with Crippen molar-refractivity contribution in [2.75, 3.05) is 19.7 Å². The number of nitrogens with zero attached hydrogens (tertiary/aromatic N) is 1. The highest BCUT2D eigenvalue weighted by atomic mass is 19.1. The van der Waals surface area contributed by atoms with Gasteiger partial charge in [0, 0.05) is 24.6 Å². The SMILES string of the molecule is O=C(O)COc1ccccc1CN1CC[C@H](c2ccccc2F)C1. The van der Waals surface area contributed by atoms with Crippen LogP contribution in [0.15, 0.2) is 48.5 Å². The van der Waals surface area contributed by atoms with E-state index in [9.17, 15) is 9.18 Å². The molecule has 2 aromatic rings. The Hall–Kier alpha value is -2.40. The molecule has 1 atom stereocenters. The van der Waals surface area contributed by atoms with Crippen molar-refractivity contribution in [3.05, 3.63) is 65.5 Å². The molecule has 0 radical (unpaired) electrons. The third-order valence-electron chi connectivity index (χ3n) is 4.34. The predicted molar refractivity (Wildman–Crippen MR) is 88.6 cm³/mol. The van der Waals surface area contributed by atoms with Crippen molar-refractivity contribution in [2.45, 2.75) is 18.9 Å². The number of carbonyl (C=O) groups is 1. The quantitative estimate of drug-likeness (QED) is 0.884. The average molecular weight is 329 g/mol. The van der Waals surface area contributed by atoms with Crippen LogP contribution in [0.4, 0.5) is 4.39 Å². The summed E-state index contributed by atoms with van der Waals surface area (Å²) in [5, 5.41) is 8.77. The van der Waals surface area contributed by atoms with E-state index in [4.69, 9.17) is 9.84 Å². The number of aliphatic carboxylic acids is 1. The molecule has 1 heterocycles. The first-order valence-corrected chi connectivity index (χ1v) is 8.03. The van der Waals surface area contributed by atoms with Crippen LogP contribution in [0.2, 0.25) is 0 Å². The van der Waals surface area contributed by atoms with Gasteiger partial charge in [-0.2, -0.15) is 0 Å². The molecule has 1 N–H and O–H groups in total. The van der Waals surface area contributed by atoms with Crippen molar-refractivity contribution < 1.29 is 19.0 Å². The van der Waals surface area contributed by atoms with Gasteiger partial charge in [-0.15, -0.1) is 0 Å². The summed E-state index contributed by atoms with van der Waals surface area (Å²) in [4.78, 5) is 12.9. The minimum atomic E-state index is -0.995. The van der Waals surface area contributed by atoms with Gasteiger partial charge in [0.25, 0.3) is 0 Å². The molecule has 1 saturated heterocycles. The van der Waals surface area contributed by atoms with E-state index < -0.39 is 5.97 Å². The third kappa shape index (κ3) is 3.92. The number of hydrogen-bond donors (Lipinski definition) is 1. The lowest BCUT2D eigenvalue weighted by molar-refractivity contribution is -0.139. The first-order valence-electron chi connectivity index (χ1n) is 8.03. The maximum atomic E-state index is 13.9.